The molecule has 0 bridgehead atoms. The fourth-order valence-corrected chi connectivity index (χ4v) is 5.80. The molecule has 1 aromatic heterocycles. The molecule has 11 nitrogen and oxygen atoms in total. The molecule has 4 rings (SSSR count). The minimum absolute atomic E-state index is 0.161. The molecule has 0 atom stereocenters. The zero-order valence-electron chi connectivity index (χ0n) is 22.1. The van der Waals surface area contributed by atoms with Gasteiger partial charge in [-0.1, -0.05) is 23.7 Å². The number of imidazole rings is 1. The van der Waals surface area contributed by atoms with Crippen LogP contribution in [0.2, 0.25) is 5.02 Å². The molecule has 1 fully saturated rings. The van der Waals surface area contributed by atoms with E-state index in [1.54, 1.807) is 32.0 Å². The number of urea groups is 1. The molecule has 40 heavy (non-hydrogen) atoms. The molecular formula is C26H30ClFN6O5S. The molecule has 0 radical (unpaired) electrons. The summed E-state index contributed by atoms with van der Waals surface area (Å²) in [6, 6.07) is 9.55. The molecule has 3 aromatic rings. The number of carbonyl (C=O) groups excluding carboxylic acids is 2. The Morgan fingerprint density at radius 2 is 1.93 bits per heavy atom. The van der Waals surface area contributed by atoms with E-state index in [2.05, 4.69) is 10.3 Å². The number of rotatable bonds is 10. The predicted octanol–water partition coefficient (Wildman–Crippen LogP) is 3.07. The molecule has 1 saturated carbocycles. The minimum atomic E-state index is -3.93. The zero-order chi connectivity index (χ0) is 29.0. The summed E-state index contributed by atoms with van der Waals surface area (Å²) < 4.78 is 46.4. The number of hydrogen-bond donors (Lipinski definition) is 3. The van der Waals surface area contributed by atoms with Gasteiger partial charge in [0.25, 0.3) is 5.91 Å². The summed E-state index contributed by atoms with van der Waals surface area (Å²) in [5.74, 6) is -1.73. The number of hydrazine groups is 1. The van der Waals surface area contributed by atoms with Crippen LogP contribution in [0.15, 0.2) is 48.9 Å². The summed E-state index contributed by atoms with van der Waals surface area (Å²) in [6.07, 6.45) is 4.14. The SMILES string of the molecule is COc1ccc(CN(C)C(=O)N[C@H]2C[C@@H](CS(=O)(=O)NNC(=O)c3cc(-c4cn(C)cn4)cc(Cl)c3F)C2)cc1. The second-order valence-electron chi connectivity index (χ2n) is 9.77. The van der Waals surface area contributed by atoms with Crippen LogP contribution < -0.4 is 20.3 Å². The van der Waals surface area contributed by atoms with Crippen molar-refractivity contribution >= 4 is 33.6 Å². The number of nitrogens with zero attached hydrogens (tertiary/aromatic N) is 3. The summed E-state index contributed by atoms with van der Waals surface area (Å²) in [7, 11) is 1.09. The summed E-state index contributed by atoms with van der Waals surface area (Å²) in [5, 5.41) is 2.60. The van der Waals surface area contributed by atoms with Crippen LogP contribution in [-0.4, -0.2) is 60.8 Å². The van der Waals surface area contributed by atoms with Crippen LogP contribution in [-0.2, 0) is 23.6 Å². The number of nitrogens with one attached hydrogen (secondary N) is 3. The molecule has 0 unspecified atom stereocenters. The number of aryl methyl sites for hydroxylation is 1. The van der Waals surface area contributed by atoms with E-state index in [1.165, 1.54) is 23.4 Å². The fourth-order valence-electron chi connectivity index (χ4n) is 4.36. The quantitative estimate of drug-likeness (QED) is 0.310. The average molecular weight is 593 g/mol. The van der Waals surface area contributed by atoms with Crippen molar-refractivity contribution in [1.82, 2.24) is 30.0 Å². The maximum absolute atomic E-state index is 14.6. The van der Waals surface area contributed by atoms with Crippen LogP contribution in [0.5, 0.6) is 5.75 Å². The molecule has 0 spiro atoms. The van der Waals surface area contributed by atoms with Crippen LogP contribution in [0.25, 0.3) is 11.3 Å². The molecule has 2 aromatic carbocycles. The van der Waals surface area contributed by atoms with Gasteiger partial charge in [-0.3, -0.25) is 10.2 Å². The van der Waals surface area contributed by atoms with Crippen molar-refractivity contribution in [3.63, 3.8) is 0 Å². The third kappa shape index (κ3) is 7.29. The number of sulfonamides is 1. The number of amides is 3. The summed E-state index contributed by atoms with van der Waals surface area (Å²) in [4.78, 5) is 32.8. The Hall–Kier alpha value is -3.68. The van der Waals surface area contributed by atoms with Crippen molar-refractivity contribution in [2.75, 3.05) is 19.9 Å². The van der Waals surface area contributed by atoms with Crippen molar-refractivity contribution < 1.29 is 27.1 Å². The maximum atomic E-state index is 14.6. The molecule has 3 amide bonds. The Bertz CT molecular complexity index is 1490. The first-order valence-electron chi connectivity index (χ1n) is 12.4. The average Bonchev–Trinajstić information content (AvgIpc) is 3.34. The number of ether oxygens (including phenoxy) is 1. The standard InChI is InChI=1S/C26H30ClFN6O5S/c1-33-13-23(29-15-33)18-10-21(24(28)22(27)11-18)25(35)31-32-40(37,38)14-17-8-19(9-17)30-26(36)34(2)12-16-4-6-20(39-3)7-5-16/h4-7,10-11,13,15,17,19,32H,8-9,12,14H2,1-3H3,(H,30,36)(H,31,35)/t17-,19+. The third-order valence-corrected chi connectivity index (χ3v) is 8.14. The zero-order valence-corrected chi connectivity index (χ0v) is 23.7. The Labute approximate surface area is 236 Å². The highest BCUT2D eigenvalue weighted by Gasteiger charge is 2.34. The maximum Gasteiger partial charge on any atom is 0.317 e. The van der Waals surface area contributed by atoms with E-state index >= 15 is 0 Å². The molecule has 1 heterocycles. The second kappa shape index (κ2) is 12.2. The highest BCUT2D eigenvalue weighted by atomic mass is 35.5. The van der Waals surface area contributed by atoms with Gasteiger partial charge in [0, 0.05) is 38.4 Å². The van der Waals surface area contributed by atoms with E-state index < -0.39 is 27.3 Å². The van der Waals surface area contributed by atoms with Crippen LogP contribution in [0.4, 0.5) is 9.18 Å². The molecule has 14 heteroatoms. The van der Waals surface area contributed by atoms with Crippen molar-refractivity contribution in [3.05, 3.63) is 70.9 Å². The third-order valence-electron chi connectivity index (χ3n) is 6.54. The van der Waals surface area contributed by atoms with E-state index in [9.17, 15) is 22.4 Å². The fraction of sp³-hybridized carbons (Fsp3) is 0.346. The van der Waals surface area contributed by atoms with Gasteiger partial charge in [0.1, 0.15) is 5.75 Å². The highest BCUT2D eigenvalue weighted by Crippen LogP contribution is 2.29. The van der Waals surface area contributed by atoms with Crippen LogP contribution in [0.1, 0.15) is 28.8 Å². The number of hydrogen-bond acceptors (Lipinski definition) is 6. The Morgan fingerprint density at radius 3 is 2.55 bits per heavy atom. The van der Waals surface area contributed by atoms with Gasteiger partial charge in [-0.2, -0.15) is 0 Å². The normalized spacial score (nSPS) is 16.6. The van der Waals surface area contributed by atoms with Gasteiger partial charge in [0.05, 0.1) is 35.5 Å². The minimum Gasteiger partial charge on any atom is -0.497 e. The van der Waals surface area contributed by atoms with Gasteiger partial charge in [-0.15, -0.1) is 4.83 Å². The van der Waals surface area contributed by atoms with Crippen molar-refractivity contribution in [2.45, 2.75) is 25.4 Å². The lowest BCUT2D eigenvalue weighted by Crippen LogP contribution is -2.51. The molecule has 0 aliphatic heterocycles. The van der Waals surface area contributed by atoms with Crippen molar-refractivity contribution in [1.29, 1.82) is 0 Å². The van der Waals surface area contributed by atoms with E-state index in [4.69, 9.17) is 16.3 Å². The second-order valence-corrected chi connectivity index (χ2v) is 11.9. The summed E-state index contributed by atoms with van der Waals surface area (Å²) >= 11 is 5.96. The summed E-state index contributed by atoms with van der Waals surface area (Å²) in [6.45, 7) is 0.403. The Kier molecular flexibility index (Phi) is 8.96. The van der Waals surface area contributed by atoms with Gasteiger partial charge in [0.2, 0.25) is 10.0 Å². The van der Waals surface area contributed by atoms with E-state index in [-0.39, 0.29) is 28.8 Å². The van der Waals surface area contributed by atoms with Crippen LogP contribution in [0, 0.1) is 11.7 Å². The van der Waals surface area contributed by atoms with E-state index in [0.29, 0.717) is 30.6 Å². The molecule has 0 saturated heterocycles. The van der Waals surface area contributed by atoms with Gasteiger partial charge >= 0.3 is 6.03 Å². The monoisotopic (exact) mass is 592 g/mol. The lowest BCUT2D eigenvalue weighted by atomic mass is 9.82. The topological polar surface area (TPSA) is 135 Å². The number of methoxy groups -OCH3 is 1. The van der Waals surface area contributed by atoms with Gasteiger partial charge in [-0.25, -0.2) is 22.6 Å². The van der Waals surface area contributed by atoms with Gasteiger partial charge in [-0.05, 0) is 48.6 Å². The number of halogens is 2. The largest absolute Gasteiger partial charge is 0.497 e. The van der Waals surface area contributed by atoms with Crippen LogP contribution >= 0.6 is 11.6 Å². The van der Waals surface area contributed by atoms with Gasteiger partial charge in [0.15, 0.2) is 5.82 Å². The molecule has 3 N–H and O–H groups in total. The van der Waals surface area contributed by atoms with Gasteiger partial charge < -0.3 is 19.5 Å². The molecule has 1 aliphatic carbocycles. The first-order valence-corrected chi connectivity index (χ1v) is 14.4. The van der Waals surface area contributed by atoms with Crippen LogP contribution in [0.3, 0.4) is 0 Å². The highest BCUT2D eigenvalue weighted by molar-refractivity contribution is 7.89. The molecular weight excluding hydrogens is 563 g/mol. The number of aromatic nitrogens is 2. The van der Waals surface area contributed by atoms with Crippen molar-refractivity contribution in [2.24, 2.45) is 13.0 Å². The number of benzene rings is 2. The number of carbonyl (C=O) groups is 2. The lowest BCUT2D eigenvalue weighted by Gasteiger charge is -2.36. The summed E-state index contributed by atoms with van der Waals surface area (Å²) in [5.41, 5.74) is 3.43. The molecule has 1 aliphatic rings. The Balaban J connectivity index is 1.24. The smallest absolute Gasteiger partial charge is 0.317 e. The lowest BCUT2D eigenvalue weighted by molar-refractivity contribution is 0.0940. The Morgan fingerprint density at radius 1 is 1.23 bits per heavy atom. The van der Waals surface area contributed by atoms with E-state index in [0.717, 1.165) is 11.3 Å². The predicted molar refractivity (Wildman–Crippen MR) is 148 cm³/mol. The first kappa shape index (κ1) is 29.3. The van der Waals surface area contributed by atoms with E-state index in [1.807, 2.05) is 34.5 Å². The first-order chi connectivity index (χ1) is 18.9. The molecule has 214 valence electrons. The van der Waals surface area contributed by atoms with Crippen molar-refractivity contribution in [3.8, 4) is 17.0 Å².